The first-order valence-electron chi connectivity index (χ1n) is 6.98. The van der Waals surface area contributed by atoms with Crippen LogP contribution >= 0.6 is 11.6 Å². The van der Waals surface area contributed by atoms with E-state index in [-0.39, 0.29) is 0 Å². The van der Waals surface area contributed by atoms with Crippen LogP contribution < -0.4 is 10.2 Å². The van der Waals surface area contributed by atoms with E-state index < -0.39 is 0 Å². The molecule has 0 spiro atoms. The van der Waals surface area contributed by atoms with E-state index in [1.54, 1.807) is 6.07 Å². The van der Waals surface area contributed by atoms with Gasteiger partial charge >= 0.3 is 0 Å². The van der Waals surface area contributed by atoms with Crippen molar-refractivity contribution < 1.29 is 0 Å². The van der Waals surface area contributed by atoms with Gasteiger partial charge in [0.1, 0.15) is 6.07 Å². The molecule has 0 radical (unpaired) electrons. The van der Waals surface area contributed by atoms with Crippen LogP contribution in [0.5, 0.6) is 0 Å². The summed E-state index contributed by atoms with van der Waals surface area (Å²) in [5.41, 5.74) is 1.63. The van der Waals surface area contributed by atoms with Gasteiger partial charge in [0.05, 0.1) is 16.3 Å². The summed E-state index contributed by atoms with van der Waals surface area (Å²) in [5, 5.41) is 13.4. The highest BCUT2D eigenvalue weighted by Gasteiger charge is 2.33. The van der Waals surface area contributed by atoms with Gasteiger partial charge in [-0.3, -0.25) is 0 Å². The topological polar surface area (TPSA) is 39.1 Å². The van der Waals surface area contributed by atoms with E-state index in [9.17, 15) is 5.26 Å². The zero-order valence-corrected chi connectivity index (χ0v) is 11.7. The van der Waals surface area contributed by atoms with E-state index in [0.29, 0.717) is 22.7 Å². The molecular formula is C15H18ClN3. The standard InChI is InChI=1S/C15H18ClN3/c16-14-4-1-5-15(13(14)9-17)19(12-6-7-12)10-11-3-2-8-18-11/h1,4-5,11-12,18H,2-3,6-8,10H2. The fraction of sp³-hybridized carbons (Fsp3) is 0.533. The van der Waals surface area contributed by atoms with Crippen LogP contribution in [-0.4, -0.2) is 25.2 Å². The third-order valence-corrected chi connectivity index (χ3v) is 4.29. The Morgan fingerprint density at radius 3 is 2.84 bits per heavy atom. The highest BCUT2D eigenvalue weighted by atomic mass is 35.5. The molecule has 1 aliphatic carbocycles. The van der Waals surface area contributed by atoms with Crippen LogP contribution in [-0.2, 0) is 0 Å². The maximum Gasteiger partial charge on any atom is 0.103 e. The molecule has 1 aromatic rings. The smallest absolute Gasteiger partial charge is 0.103 e. The van der Waals surface area contributed by atoms with Crippen molar-refractivity contribution in [1.82, 2.24) is 5.32 Å². The molecule has 100 valence electrons. The van der Waals surface area contributed by atoms with Crippen LogP contribution in [0.2, 0.25) is 5.02 Å². The zero-order chi connectivity index (χ0) is 13.2. The Kier molecular flexibility index (Phi) is 3.63. The molecule has 1 N–H and O–H groups in total. The van der Waals surface area contributed by atoms with Crippen LogP contribution in [0.1, 0.15) is 31.2 Å². The van der Waals surface area contributed by atoms with Crippen LogP contribution in [0.15, 0.2) is 18.2 Å². The number of hydrogen-bond acceptors (Lipinski definition) is 3. The molecule has 2 fully saturated rings. The summed E-state index contributed by atoms with van der Waals surface area (Å²) in [6.07, 6.45) is 4.93. The number of nitriles is 1. The molecule has 1 saturated heterocycles. The molecule has 3 rings (SSSR count). The van der Waals surface area contributed by atoms with E-state index in [1.807, 2.05) is 12.1 Å². The maximum atomic E-state index is 9.33. The third-order valence-electron chi connectivity index (χ3n) is 3.98. The summed E-state index contributed by atoms with van der Waals surface area (Å²) in [6.45, 7) is 2.10. The first-order chi connectivity index (χ1) is 9.29. The molecule has 3 nitrogen and oxygen atoms in total. The van der Waals surface area contributed by atoms with Crippen molar-refractivity contribution in [3.05, 3.63) is 28.8 Å². The van der Waals surface area contributed by atoms with Gasteiger partial charge in [-0.25, -0.2) is 0 Å². The Morgan fingerprint density at radius 2 is 2.21 bits per heavy atom. The SMILES string of the molecule is N#Cc1c(Cl)cccc1N(CC1CCCN1)C1CC1. The van der Waals surface area contributed by atoms with E-state index in [4.69, 9.17) is 11.6 Å². The van der Waals surface area contributed by atoms with Crippen molar-refractivity contribution in [1.29, 1.82) is 5.26 Å². The fourth-order valence-corrected chi connectivity index (χ4v) is 3.05. The van der Waals surface area contributed by atoms with Gasteiger partial charge in [-0.15, -0.1) is 0 Å². The lowest BCUT2D eigenvalue weighted by molar-refractivity contribution is 0.578. The first-order valence-corrected chi connectivity index (χ1v) is 7.36. The summed E-state index contributed by atoms with van der Waals surface area (Å²) < 4.78 is 0. The van der Waals surface area contributed by atoms with Gasteiger partial charge in [-0.05, 0) is 44.4 Å². The second-order valence-electron chi connectivity index (χ2n) is 5.42. The molecule has 4 heteroatoms. The molecule has 1 aromatic carbocycles. The monoisotopic (exact) mass is 275 g/mol. The predicted octanol–water partition coefficient (Wildman–Crippen LogP) is 2.93. The quantitative estimate of drug-likeness (QED) is 0.918. The number of nitrogens with zero attached hydrogens (tertiary/aromatic N) is 2. The molecule has 1 saturated carbocycles. The Balaban J connectivity index is 1.87. The average molecular weight is 276 g/mol. The van der Waals surface area contributed by atoms with Gasteiger partial charge in [-0.2, -0.15) is 5.26 Å². The largest absolute Gasteiger partial charge is 0.366 e. The molecule has 0 amide bonds. The summed E-state index contributed by atoms with van der Waals surface area (Å²) in [5.74, 6) is 0. The van der Waals surface area contributed by atoms with Crippen molar-refractivity contribution in [3.63, 3.8) is 0 Å². The minimum atomic E-state index is 0.547. The van der Waals surface area contributed by atoms with Crippen molar-refractivity contribution in [2.45, 2.75) is 37.8 Å². The fourth-order valence-electron chi connectivity index (χ4n) is 2.84. The number of hydrogen-bond donors (Lipinski definition) is 1. The molecule has 1 aliphatic heterocycles. The third kappa shape index (κ3) is 2.70. The van der Waals surface area contributed by atoms with Gasteiger partial charge in [-0.1, -0.05) is 17.7 Å². The number of rotatable bonds is 4. The molecule has 1 atom stereocenters. The Bertz CT molecular complexity index is 499. The Morgan fingerprint density at radius 1 is 1.37 bits per heavy atom. The second kappa shape index (κ2) is 5.40. The predicted molar refractivity (Wildman–Crippen MR) is 77.6 cm³/mol. The number of halogens is 1. The molecular weight excluding hydrogens is 258 g/mol. The molecule has 0 bridgehead atoms. The first kappa shape index (κ1) is 12.8. The molecule has 1 unspecified atom stereocenters. The van der Waals surface area contributed by atoms with Crippen molar-refractivity contribution in [3.8, 4) is 6.07 Å². The van der Waals surface area contributed by atoms with E-state index >= 15 is 0 Å². The highest BCUT2D eigenvalue weighted by Crippen LogP contribution is 2.36. The summed E-state index contributed by atoms with van der Waals surface area (Å²) in [6, 6.07) is 9.16. The van der Waals surface area contributed by atoms with Crippen molar-refractivity contribution in [2.75, 3.05) is 18.0 Å². The van der Waals surface area contributed by atoms with Crippen LogP contribution in [0.4, 0.5) is 5.69 Å². The lowest BCUT2D eigenvalue weighted by atomic mass is 10.1. The number of nitrogens with one attached hydrogen (secondary N) is 1. The average Bonchev–Trinajstić information content (AvgIpc) is 3.13. The highest BCUT2D eigenvalue weighted by molar-refractivity contribution is 6.32. The normalized spacial score (nSPS) is 22.2. The molecule has 2 aliphatic rings. The summed E-state index contributed by atoms with van der Waals surface area (Å²) in [7, 11) is 0. The van der Waals surface area contributed by atoms with Crippen LogP contribution in [0.3, 0.4) is 0 Å². The molecule has 19 heavy (non-hydrogen) atoms. The Hall–Kier alpha value is -1.24. The van der Waals surface area contributed by atoms with Crippen LogP contribution in [0.25, 0.3) is 0 Å². The lowest BCUT2D eigenvalue weighted by Crippen LogP contribution is -2.39. The zero-order valence-electron chi connectivity index (χ0n) is 10.9. The number of benzene rings is 1. The van der Waals surface area contributed by atoms with E-state index in [0.717, 1.165) is 18.8 Å². The van der Waals surface area contributed by atoms with Crippen LogP contribution in [0, 0.1) is 11.3 Å². The number of anilines is 1. The molecule has 0 aromatic heterocycles. The summed E-state index contributed by atoms with van der Waals surface area (Å²) >= 11 is 6.15. The van der Waals surface area contributed by atoms with Crippen molar-refractivity contribution >= 4 is 17.3 Å². The van der Waals surface area contributed by atoms with Gasteiger partial charge in [0, 0.05) is 18.6 Å². The lowest BCUT2D eigenvalue weighted by Gasteiger charge is -2.29. The minimum absolute atomic E-state index is 0.547. The second-order valence-corrected chi connectivity index (χ2v) is 5.83. The summed E-state index contributed by atoms with van der Waals surface area (Å²) in [4.78, 5) is 2.38. The van der Waals surface area contributed by atoms with Crippen molar-refractivity contribution in [2.24, 2.45) is 0 Å². The van der Waals surface area contributed by atoms with Gasteiger partial charge in [0.25, 0.3) is 0 Å². The van der Waals surface area contributed by atoms with Gasteiger partial charge in [0.2, 0.25) is 0 Å². The van der Waals surface area contributed by atoms with Gasteiger partial charge < -0.3 is 10.2 Å². The Labute approximate surface area is 119 Å². The van der Waals surface area contributed by atoms with E-state index in [1.165, 1.54) is 25.7 Å². The van der Waals surface area contributed by atoms with E-state index in [2.05, 4.69) is 16.3 Å². The minimum Gasteiger partial charge on any atom is -0.366 e. The van der Waals surface area contributed by atoms with Gasteiger partial charge in [0.15, 0.2) is 0 Å². The maximum absolute atomic E-state index is 9.33. The molecule has 1 heterocycles.